The highest BCUT2D eigenvalue weighted by molar-refractivity contribution is 7.89. The average molecular weight is 467 g/mol. The Balaban J connectivity index is 1.65. The van der Waals surface area contributed by atoms with E-state index in [0.717, 1.165) is 5.56 Å². The molecule has 0 aromatic heterocycles. The van der Waals surface area contributed by atoms with Crippen molar-refractivity contribution in [1.82, 2.24) is 4.31 Å². The van der Waals surface area contributed by atoms with E-state index in [4.69, 9.17) is 0 Å². The maximum atomic E-state index is 15.2. The number of nitriles is 1. The number of aliphatic hydroxyl groups is 1. The van der Waals surface area contributed by atoms with Gasteiger partial charge in [-0.1, -0.05) is 55.1 Å². The predicted octanol–water partition coefficient (Wildman–Crippen LogP) is 4.52. The monoisotopic (exact) mass is 466 g/mol. The van der Waals surface area contributed by atoms with Crippen LogP contribution in [0.25, 0.3) is 0 Å². The molecule has 2 aromatic carbocycles. The maximum Gasteiger partial charge on any atom is 0.222 e. The largest absolute Gasteiger partial charge is 0.389 e. The van der Waals surface area contributed by atoms with Gasteiger partial charge in [-0.15, -0.1) is 6.58 Å². The smallest absolute Gasteiger partial charge is 0.222 e. The summed E-state index contributed by atoms with van der Waals surface area (Å²) in [7, 11) is -3.75. The molecule has 0 bridgehead atoms. The highest BCUT2D eigenvalue weighted by Crippen LogP contribution is 2.44. The van der Waals surface area contributed by atoms with Crippen LogP contribution in [0.5, 0.6) is 0 Å². The molecular weight excluding hydrogens is 439 g/mol. The van der Waals surface area contributed by atoms with Gasteiger partial charge >= 0.3 is 0 Å². The Kier molecular flexibility index (Phi) is 6.28. The van der Waals surface area contributed by atoms with Crippen molar-refractivity contribution < 1.29 is 17.9 Å². The number of benzene rings is 2. The molecule has 4 rings (SSSR count). The van der Waals surface area contributed by atoms with Crippen LogP contribution in [0.1, 0.15) is 47.6 Å². The van der Waals surface area contributed by atoms with Gasteiger partial charge in [0, 0.05) is 24.6 Å². The normalized spacial score (nSPS) is 29.5. The first-order valence-electron chi connectivity index (χ1n) is 11.0. The molecule has 1 heterocycles. The summed E-state index contributed by atoms with van der Waals surface area (Å²) in [5.41, 5.74) is 0.939. The quantitative estimate of drug-likeness (QED) is 0.657. The topological polar surface area (TPSA) is 81.4 Å². The van der Waals surface area contributed by atoms with Gasteiger partial charge in [0.05, 0.1) is 17.6 Å². The van der Waals surface area contributed by atoms with Gasteiger partial charge in [-0.3, -0.25) is 0 Å². The highest BCUT2D eigenvalue weighted by atomic mass is 32.2. The maximum absolute atomic E-state index is 15.2. The third-order valence-electron chi connectivity index (χ3n) is 6.91. The number of aliphatic hydroxyl groups excluding tert-OH is 1. The molecule has 2 aromatic rings. The van der Waals surface area contributed by atoms with E-state index in [9.17, 15) is 18.8 Å². The summed E-state index contributed by atoms with van der Waals surface area (Å²) >= 11 is 0. The van der Waals surface area contributed by atoms with E-state index in [0.29, 0.717) is 24.0 Å². The molecule has 0 amide bonds. The molecule has 33 heavy (non-hydrogen) atoms. The number of nitrogens with zero attached hydrogens (tertiary/aromatic N) is 2. The van der Waals surface area contributed by atoms with Crippen molar-refractivity contribution >= 4 is 10.0 Å². The first-order chi connectivity index (χ1) is 15.7. The van der Waals surface area contributed by atoms with Gasteiger partial charge in [0.15, 0.2) is 0 Å². The van der Waals surface area contributed by atoms with E-state index >= 15 is 4.39 Å². The Morgan fingerprint density at radius 1 is 1.24 bits per heavy atom. The number of sulfonamides is 1. The van der Waals surface area contributed by atoms with E-state index in [-0.39, 0.29) is 24.9 Å². The Hall–Kier alpha value is -2.79. The molecule has 1 N–H and O–H groups in total. The lowest BCUT2D eigenvalue weighted by Crippen LogP contribution is -2.45. The zero-order chi connectivity index (χ0) is 23.8. The molecule has 5 nitrogen and oxygen atoms in total. The van der Waals surface area contributed by atoms with Crippen LogP contribution in [0.3, 0.4) is 0 Å². The Labute approximate surface area is 194 Å². The molecule has 172 valence electrons. The second-order valence-electron chi connectivity index (χ2n) is 8.92. The molecule has 2 fully saturated rings. The fourth-order valence-electron chi connectivity index (χ4n) is 4.98. The fourth-order valence-corrected chi connectivity index (χ4v) is 7.13. The lowest BCUT2D eigenvalue weighted by molar-refractivity contribution is 0.208. The number of rotatable bonds is 5. The van der Waals surface area contributed by atoms with E-state index in [2.05, 4.69) is 19.2 Å². The first-order valence-corrected chi connectivity index (χ1v) is 12.5. The molecule has 1 aliphatic heterocycles. The van der Waals surface area contributed by atoms with Gasteiger partial charge in [-0.25, -0.2) is 12.8 Å². The molecule has 7 heteroatoms. The van der Waals surface area contributed by atoms with Crippen molar-refractivity contribution in [2.45, 2.75) is 55.0 Å². The van der Waals surface area contributed by atoms with Crippen molar-refractivity contribution in [3.05, 3.63) is 95.8 Å². The predicted molar refractivity (Wildman–Crippen MR) is 125 cm³/mol. The second kappa shape index (κ2) is 8.86. The van der Waals surface area contributed by atoms with Gasteiger partial charge < -0.3 is 5.11 Å². The Bertz CT molecular complexity index is 1220. The minimum atomic E-state index is -3.75. The highest BCUT2D eigenvalue weighted by Gasteiger charge is 2.44. The van der Waals surface area contributed by atoms with Crippen LogP contribution in [0, 0.1) is 17.1 Å². The first kappa shape index (κ1) is 23.4. The van der Waals surface area contributed by atoms with Crippen LogP contribution in [0.2, 0.25) is 0 Å². The number of halogens is 1. The van der Waals surface area contributed by atoms with Crippen LogP contribution < -0.4 is 0 Å². The third-order valence-corrected chi connectivity index (χ3v) is 9.19. The van der Waals surface area contributed by atoms with Crippen LogP contribution in [0.15, 0.2) is 73.3 Å². The van der Waals surface area contributed by atoms with Crippen LogP contribution in [-0.4, -0.2) is 30.0 Å². The number of hydrogen-bond donors (Lipinski definition) is 1. The van der Waals surface area contributed by atoms with E-state index in [1.54, 1.807) is 30.3 Å². The zero-order valence-corrected chi connectivity index (χ0v) is 19.1. The number of hydrogen-bond acceptors (Lipinski definition) is 4. The van der Waals surface area contributed by atoms with Crippen LogP contribution in [0.4, 0.5) is 4.39 Å². The summed E-state index contributed by atoms with van der Waals surface area (Å²) in [5, 5.41) is 19.2. The van der Waals surface area contributed by atoms with Crippen LogP contribution >= 0.6 is 0 Å². The summed E-state index contributed by atoms with van der Waals surface area (Å²) in [5.74, 6) is -0.575. The van der Waals surface area contributed by atoms with E-state index in [1.807, 2.05) is 18.2 Å². The third kappa shape index (κ3) is 4.15. The molecule has 0 radical (unpaired) electrons. The average Bonchev–Trinajstić information content (AvgIpc) is 3.11. The standard InChI is InChI=1S/C26H27FN2O3S/c1-3-22-11-12-25(19-7-5-4-6-8-19)33(31,32)29(22)16-20-9-10-21(13-23(20)27)26(17-28)14-18(2)24(30)15-26/h3-10,13,22,24-25,30H,1-2,11-12,14-16H2/t22-,24+,25+,26-/m0/s1. The van der Waals surface area contributed by atoms with Crippen molar-refractivity contribution in [3.63, 3.8) is 0 Å². The van der Waals surface area contributed by atoms with Crippen molar-refractivity contribution in [2.24, 2.45) is 0 Å². The molecule has 0 spiro atoms. The van der Waals surface area contributed by atoms with E-state index < -0.39 is 38.7 Å². The summed E-state index contributed by atoms with van der Waals surface area (Å²) < 4.78 is 43.6. The lowest BCUT2D eigenvalue weighted by atomic mass is 9.79. The van der Waals surface area contributed by atoms with E-state index in [1.165, 1.54) is 10.4 Å². The zero-order valence-electron chi connectivity index (χ0n) is 18.3. The molecule has 0 unspecified atom stereocenters. The summed E-state index contributed by atoms with van der Waals surface area (Å²) in [6.45, 7) is 7.48. The SMILES string of the molecule is C=C[C@H]1CC[C@H](c2ccccc2)S(=O)(=O)N1Cc1ccc([C@@]2(C#N)CC(=C)[C@H](O)C2)cc1F. The Morgan fingerprint density at radius 2 is 1.97 bits per heavy atom. The molecule has 1 saturated carbocycles. The fraction of sp³-hybridized carbons (Fsp3) is 0.346. The second-order valence-corrected chi connectivity index (χ2v) is 11.0. The van der Waals surface area contributed by atoms with Crippen molar-refractivity contribution in [1.29, 1.82) is 5.26 Å². The van der Waals surface area contributed by atoms with Gasteiger partial charge in [0.1, 0.15) is 11.1 Å². The van der Waals surface area contributed by atoms with Gasteiger partial charge in [-0.05, 0) is 42.0 Å². The molecular formula is C26H27FN2O3S. The minimum absolute atomic E-state index is 0.122. The lowest BCUT2D eigenvalue weighted by Gasteiger charge is -2.38. The van der Waals surface area contributed by atoms with Gasteiger partial charge in [0.25, 0.3) is 0 Å². The van der Waals surface area contributed by atoms with Crippen molar-refractivity contribution in [2.75, 3.05) is 0 Å². The van der Waals surface area contributed by atoms with Gasteiger partial charge in [0.2, 0.25) is 10.0 Å². The minimum Gasteiger partial charge on any atom is -0.389 e. The van der Waals surface area contributed by atoms with Crippen LogP contribution in [-0.2, 0) is 22.0 Å². The molecule has 2 aliphatic rings. The summed E-state index contributed by atoms with van der Waals surface area (Å²) in [6.07, 6.45) is 2.30. The molecule has 1 saturated heterocycles. The Morgan fingerprint density at radius 3 is 2.55 bits per heavy atom. The summed E-state index contributed by atoms with van der Waals surface area (Å²) in [6, 6.07) is 15.4. The summed E-state index contributed by atoms with van der Waals surface area (Å²) in [4.78, 5) is 0. The molecule has 4 atom stereocenters. The van der Waals surface area contributed by atoms with Gasteiger partial charge in [-0.2, -0.15) is 9.57 Å². The van der Waals surface area contributed by atoms with Crippen molar-refractivity contribution in [3.8, 4) is 6.07 Å². The molecule has 1 aliphatic carbocycles.